The number of hydrogen-bond donors (Lipinski definition) is 0. The Labute approximate surface area is 502 Å². The molecule has 0 bridgehead atoms. The van der Waals surface area contributed by atoms with Crippen LogP contribution in [0.4, 0.5) is 68.2 Å². The highest BCUT2D eigenvalue weighted by atomic mass is 15.2. The fourth-order valence-electron chi connectivity index (χ4n) is 12.6. The Morgan fingerprint density at radius 1 is 0.140 bits per heavy atom. The molecule has 15 aromatic carbocycles. The molecular weight excluding hydrogens is 1040 g/mol. The summed E-state index contributed by atoms with van der Waals surface area (Å²) in [7, 11) is 0. The fourth-order valence-corrected chi connectivity index (χ4v) is 12.6. The van der Waals surface area contributed by atoms with Crippen molar-refractivity contribution in [2.75, 3.05) is 19.6 Å². The summed E-state index contributed by atoms with van der Waals surface area (Å²) in [5.41, 5.74) is 17.8. The van der Waals surface area contributed by atoms with Crippen molar-refractivity contribution in [3.05, 3.63) is 352 Å². The fraction of sp³-hybridized carbons (Fsp3) is 0. The molecule has 15 rings (SSSR count). The van der Waals surface area contributed by atoms with Gasteiger partial charge in [0.15, 0.2) is 0 Å². The minimum absolute atomic E-state index is 1.07. The van der Waals surface area contributed by atoms with Crippen LogP contribution in [0.5, 0.6) is 0 Å². The first-order valence-electron chi connectivity index (χ1n) is 29.4. The second-order valence-electron chi connectivity index (χ2n) is 21.7. The van der Waals surface area contributed by atoms with Gasteiger partial charge in [-0.05, 0) is 211 Å². The van der Waals surface area contributed by atoms with Crippen LogP contribution in [0, 0.1) is 0 Å². The number of para-hydroxylation sites is 6. The maximum absolute atomic E-state index is 2.42. The van der Waals surface area contributed by atoms with Crippen LogP contribution in [0.2, 0.25) is 0 Å². The van der Waals surface area contributed by atoms with E-state index in [0.717, 1.165) is 101 Å². The first-order valence-corrected chi connectivity index (χ1v) is 29.4. The quantitative estimate of drug-likeness (QED) is 0.101. The van der Waals surface area contributed by atoms with Gasteiger partial charge in [-0.1, -0.05) is 206 Å². The van der Waals surface area contributed by atoms with Gasteiger partial charge >= 0.3 is 0 Å². The molecule has 0 radical (unpaired) electrons. The lowest BCUT2D eigenvalue weighted by Crippen LogP contribution is -2.11. The monoisotopic (exact) mass is 1100 g/mol. The Kier molecular flexibility index (Phi) is 13.6. The molecule has 4 nitrogen and oxygen atoms in total. The van der Waals surface area contributed by atoms with Crippen molar-refractivity contribution in [3.63, 3.8) is 0 Å². The summed E-state index contributed by atoms with van der Waals surface area (Å²) in [5.74, 6) is 0. The number of hydrogen-bond acceptors (Lipinski definition) is 4. The average Bonchev–Trinajstić information content (AvgIpc) is 1.64. The van der Waals surface area contributed by atoms with Crippen LogP contribution in [0.1, 0.15) is 0 Å². The standard InChI is InChI=1S/C82H58N4/c1-9-25-59(26-10-1)81-77-51-49-76(86(70-39-23-8-24-40-70)74-48-44-62-54-72(46-42-64(62)56-74)84(67-33-17-5-18-34-67)68-35-19-6-20-36-68)58-80(77)82(60-27-11-2-12-28-60)78-52-50-75(57-79(78)81)85(69-37-21-7-22-38-69)73-47-43-61-53-71(45-41-63(61)55-73)83(65-29-13-3-14-30-65)66-31-15-4-16-32-66/h1-58H. The first kappa shape index (κ1) is 51.4. The molecular formula is C82H58N4. The van der Waals surface area contributed by atoms with Gasteiger partial charge in [-0.15, -0.1) is 0 Å². The van der Waals surface area contributed by atoms with E-state index in [0.29, 0.717) is 0 Å². The van der Waals surface area contributed by atoms with E-state index in [4.69, 9.17) is 0 Å². The Balaban J connectivity index is 0.883. The summed E-state index contributed by atoms with van der Waals surface area (Å²) in [4.78, 5) is 9.45. The lowest BCUT2D eigenvalue weighted by Gasteiger charge is -2.29. The molecule has 0 N–H and O–H groups in total. The number of rotatable bonds is 14. The molecule has 0 amide bonds. The van der Waals surface area contributed by atoms with Gasteiger partial charge in [0.2, 0.25) is 0 Å². The van der Waals surface area contributed by atoms with Crippen LogP contribution in [0.25, 0.3) is 65.3 Å². The third-order valence-corrected chi connectivity index (χ3v) is 16.5. The van der Waals surface area contributed by atoms with Gasteiger partial charge < -0.3 is 19.6 Å². The van der Waals surface area contributed by atoms with Crippen molar-refractivity contribution < 1.29 is 0 Å². The molecule has 0 aromatic heterocycles. The van der Waals surface area contributed by atoms with Crippen molar-refractivity contribution in [2.24, 2.45) is 0 Å². The zero-order chi connectivity index (χ0) is 57.2. The van der Waals surface area contributed by atoms with E-state index in [1.807, 2.05) is 0 Å². The van der Waals surface area contributed by atoms with Gasteiger partial charge in [-0.25, -0.2) is 0 Å². The molecule has 4 heteroatoms. The summed E-state index contributed by atoms with van der Waals surface area (Å²) in [6.07, 6.45) is 0. The van der Waals surface area contributed by atoms with Crippen molar-refractivity contribution in [3.8, 4) is 22.3 Å². The molecule has 0 heterocycles. The van der Waals surface area contributed by atoms with E-state index in [9.17, 15) is 0 Å². The maximum Gasteiger partial charge on any atom is 0.0468 e. The number of anilines is 12. The highest BCUT2D eigenvalue weighted by Crippen LogP contribution is 2.49. The van der Waals surface area contributed by atoms with E-state index in [-0.39, 0.29) is 0 Å². The third-order valence-electron chi connectivity index (χ3n) is 16.5. The summed E-state index contributed by atoms with van der Waals surface area (Å²) in [5, 5.41) is 9.34. The smallest absolute Gasteiger partial charge is 0.0468 e. The van der Waals surface area contributed by atoms with Gasteiger partial charge in [-0.2, -0.15) is 0 Å². The van der Waals surface area contributed by atoms with Crippen LogP contribution in [0.3, 0.4) is 0 Å². The zero-order valence-electron chi connectivity index (χ0n) is 47.3. The van der Waals surface area contributed by atoms with Crippen LogP contribution in [-0.4, -0.2) is 0 Å². The average molecular weight is 1100 g/mol. The minimum Gasteiger partial charge on any atom is -0.310 e. The van der Waals surface area contributed by atoms with Crippen molar-refractivity contribution in [2.45, 2.75) is 0 Å². The minimum atomic E-state index is 1.07. The number of benzene rings is 15. The maximum atomic E-state index is 2.42. The van der Waals surface area contributed by atoms with E-state index in [1.54, 1.807) is 0 Å². The molecule has 0 spiro atoms. The Morgan fingerprint density at radius 2 is 0.337 bits per heavy atom. The van der Waals surface area contributed by atoms with Gasteiger partial charge in [0.05, 0.1) is 0 Å². The second kappa shape index (κ2) is 22.7. The Morgan fingerprint density at radius 3 is 0.581 bits per heavy atom. The molecule has 406 valence electrons. The number of nitrogens with zero attached hydrogens (tertiary/aromatic N) is 4. The van der Waals surface area contributed by atoms with E-state index in [2.05, 4.69) is 371 Å². The topological polar surface area (TPSA) is 13.0 Å². The van der Waals surface area contributed by atoms with Gasteiger partial charge in [0, 0.05) is 68.2 Å². The molecule has 0 saturated carbocycles. The summed E-state index contributed by atoms with van der Waals surface area (Å²) >= 11 is 0. The third kappa shape index (κ3) is 9.81. The van der Waals surface area contributed by atoms with Crippen LogP contribution in [0.15, 0.2) is 352 Å². The predicted octanol–water partition coefficient (Wildman–Crippen LogP) is 23.5. The van der Waals surface area contributed by atoms with Gasteiger partial charge in [0.25, 0.3) is 0 Å². The van der Waals surface area contributed by atoms with Crippen LogP contribution >= 0.6 is 0 Å². The normalized spacial score (nSPS) is 11.3. The highest BCUT2D eigenvalue weighted by Gasteiger charge is 2.23. The van der Waals surface area contributed by atoms with Crippen molar-refractivity contribution in [1.82, 2.24) is 0 Å². The lowest BCUT2D eigenvalue weighted by atomic mass is 9.85. The van der Waals surface area contributed by atoms with Crippen LogP contribution in [-0.2, 0) is 0 Å². The van der Waals surface area contributed by atoms with Gasteiger partial charge in [-0.3, -0.25) is 0 Å². The summed E-state index contributed by atoms with van der Waals surface area (Å²) in [6.45, 7) is 0. The summed E-state index contributed by atoms with van der Waals surface area (Å²) < 4.78 is 0. The molecule has 0 fully saturated rings. The molecule has 0 aliphatic rings. The van der Waals surface area contributed by atoms with Crippen molar-refractivity contribution >= 4 is 111 Å². The highest BCUT2D eigenvalue weighted by molar-refractivity contribution is 6.23. The summed E-state index contributed by atoms with van der Waals surface area (Å²) in [6, 6.07) is 127. The molecule has 0 aliphatic carbocycles. The Bertz CT molecular complexity index is 4460. The van der Waals surface area contributed by atoms with Crippen LogP contribution < -0.4 is 19.6 Å². The largest absolute Gasteiger partial charge is 0.310 e. The molecule has 0 aliphatic heterocycles. The van der Waals surface area contributed by atoms with Crippen molar-refractivity contribution in [1.29, 1.82) is 0 Å². The molecule has 0 unspecified atom stereocenters. The predicted molar refractivity (Wildman–Crippen MR) is 366 cm³/mol. The van der Waals surface area contributed by atoms with E-state index < -0.39 is 0 Å². The molecule has 15 aromatic rings. The van der Waals surface area contributed by atoms with E-state index >= 15 is 0 Å². The SMILES string of the molecule is c1ccc(-c2c3ccc(N(c4ccccc4)c4ccc5cc(N(c6ccccc6)c6ccccc6)ccc5c4)cc3c(-c3ccccc3)c3ccc(N(c4ccccc4)c4ccc5cc(N(c6ccccc6)c6ccccc6)ccc5c4)cc23)cc1. The lowest BCUT2D eigenvalue weighted by molar-refractivity contribution is 1.28. The van der Waals surface area contributed by atoms with E-state index in [1.165, 1.54) is 32.7 Å². The molecule has 86 heavy (non-hydrogen) atoms. The molecule has 0 saturated heterocycles. The molecule has 0 atom stereocenters. The first-order chi connectivity index (χ1) is 42.7. The zero-order valence-corrected chi connectivity index (χ0v) is 47.3. The second-order valence-corrected chi connectivity index (χ2v) is 21.7. The number of fused-ring (bicyclic) bond motifs is 4. The van der Waals surface area contributed by atoms with Gasteiger partial charge in [0.1, 0.15) is 0 Å². The Hall–Kier alpha value is -11.5.